The molecule has 1 saturated heterocycles. The van der Waals surface area contributed by atoms with E-state index in [0.717, 1.165) is 18.4 Å². The van der Waals surface area contributed by atoms with Gasteiger partial charge in [0.2, 0.25) is 0 Å². The van der Waals surface area contributed by atoms with Crippen LogP contribution in [0.5, 0.6) is 0 Å². The summed E-state index contributed by atoms with van der Waals surface area (Å²) < 4.78 is 0. The third-order valence-corrected chi connectivity index (χ3v) is 4.27. The number of rotatable bonds is 1. The minimum Gasteiger partial charge on any atom is -0.341 e. The fourth-order valence-electron chi connectivity index (χ4n) is 2.51. The Hall–Kier alpha value is -0.970. The third kappa shape index (κ3) is 2.96. The average Bonchev–Trinajstić information content (AvgIpc) is 2.41. The normalized spacial score (nSPS) is 23.3. The average molecular weight is 302 g/mol. The number of likely N-dealkylation sites (tertiary alicyclic amines) is 1. The van der Waals surface area contributed by atoms with Gasteiger partial charge in [0.05, 0.1) is 16.2 Å². The summed E-state index contributed by atoms with van der Waals surface area (Å²) in [5.74, 6) is 0.0841. The summed E-state index contributed by atoms with van der Waals surface area (Å²) in [6.07, 6.45) is 1.52. The van der Waals surface area contributed by atoms with Crippen molar-refractivity contribution in [3.63, 3.8) is 0 Å². The topological polar surface area (TPSA) is 58.4 Å². The van der Waals surface area contributed by atoms with Crippen molar-refractivity contribution >= 4 is 29.2 Å². The summed E-state index contributed by atoms with van der Waals surface area (Å²) in [5.41, 5.74) is 7.23. The summed E-state index contributed by atoms with van der Waals surface area (Å²) in [6.45, 7) is 0.679. The molecule has 1 aromatic carbocycles. The number of halogens is 2. The van der Waals surface area contributed by atoms with Crippen LogP contribution in [0.4, 0.5) is 4.79 Å². The second kappa shape index (κ2) is 5.99. The van der Waals surface area contributed by atoms with E-state index in [1.54, 1.807) is 18.0 Å². The van der Waals surface area contributed by atoms with E-state index in [0.29, 0.717) is 16.6 Å². The van der Waals surface area contributed by atoms with Crippen molar-refractivity contribution in [2.75, 3.05) is 13.6 Å². The van der Waals surface area contributed by atoms with Crippen LogP contribution >= 0.6 is 23.2 Å². The van der Waals surface area contributed by atoms with E-state index in [2.05, 4.69) is 5.32 Å². The van der Waals surface area contributed by atoms with E-state index >= 15 is 0 Å². The maximum Gasteiger partial charge on any atom is 0.318 e. The molecule has 0 aromatic heterocycles. The quantitative estimate of drug-likeness (QED) is 0.838. The van der Waals surface area contributed by atoms with Crippen LogP contribution in [0.15, 0.2) is 18.2 Å². The predicted octanol–water partition coefficient (Wildman–Crippen LogP) is 2.80. The summed E-state index contributed by atoms with van der Waals surface area (Å²) in [4.78, 5) is 13.4. The molecule has 2 unspecified atom stereocenters. The molecule has 2 rings (SSSR count). The van der Waals surface area contributed by atoms with Crippen molar-refractivity contribution in [2.45, 2.75) is 24.9 Å². The number of nitrogens with two attached hydrogens (primary N) is 1. The first-order chi connectivity index (χ1) is 9.04. The molecule has 0 radical (unpaired) electrons. The van der Waals surface area contributed by atoms with Gasteiger partial charge < -0.3 is 16.0 Å². The fourth-order valence-corrected chi connectivity index (χ4v) is 2.81. The first kappa shape index (κ1) is 14.4. The third-order valence-electron chi connectivity index (χ3n) is 3.53. The molecular weight excluding hydrogens is 285 g/mol. The molecule has 1 aliphatic rings. The lowest BCUT2D eigenvalue weighted by Crippen LogP contribution is -2.55. The number of hydrogen-bond donors (Lipinski definition) is 2. The van der Waals surface area contributed by atoms with Gasteiger partial charge in [-0.3, -0.25) is 0 Å². The minimum absolute atomic E-state index is 0.0841. The van der Waals surface area contributed by atoms with Crippen LogP contribution in [-0.2, 0) is 0 Å². The lowest BCUT2D eigenvalue weighted by Gasteiger charge is -2.39. The molecule has 0 spiro atoms. The van der Waals surface area contributed by atoms with E-state index in [4.69, 9.17) is 28.9 Å². The number of hydrogen-bond acceptors (Lipinski definition) is 2. The van der Waals surface area contributed by atoms with Crippen molar-refractivity contribution < 1.29 is 4.79 Å². The monoisotopic (exact) mass is 301 g/mol. The number of nitrogens with one attached hydrogen (secondary N) is 1. The summed E-state index contributed by atoms with van der Waals surface area (Å²) in [5, 5.41) is 3.66. The van der Waals surface area contributed by atoms with Crippen LogP contribution in [0, 0.1) is 0 Å². The van der Waals surface area contributed by atoms with Crippen molar-refractivity contribution in [2.24, 2.45) is 5.73 Å². The largest absolute Gasteiger partial charge is 0.341 e. The second-order valence-electron chi connectivity index (χ2n) is 4.66. The highest BCUT2D eigenvalue weighted by molar-refractivity contribution is 6.42. The number of carbonyl (C=O) groups is 1. The van der Waals surface area contributed by atoms with Gasteiger partial charge in [-0.15, -0.1) is 0 Å². The maximum absolute atomic E-state index is 11.8. The molecule has 6 heteroatoms. The second-order valence-corrected chi connectivity index (χ2v) is 5.48. The Morgan fingerprint density at radius 1 is 1.42 bits per heavy atom. The van der Waals surface area contributed by atoms with Gasteiger partial charge in [0, 0.05) is 19.5 Å². The van der Waals surface area contributed by atoms with Gasteiger partial charge in [0.15, 0.2) is 0 Å². The Bertz CT molecular complexity index is 481. The van der Waals surface area contributed by atoms with Crippen LogP contribution in [-0.4, -0.2) is 30.7 Å². The Morgan fingerprint density at radius 3 is 2.79 bits per heavy atom. The highest BCUT2D eigenvalue weighted by Gasteiger charge is 2.32. The Morgan fingerprint density at radius 2 is 2.16 bits per heavy atom. The van der Waals surface area contributed by atoms with Crippen LogP contribution in [0.3, 0.4) is 0 Å². The summed E-state index contributed by atoms with van der Waals surface area (Å²) in [7, 11) is 1.61. The number of carbonyl (C=O) groups excluding carboxylic acids is 1. The van der Waals surface area contributed by atoms with Crippen molar-refractivity contribution in [3.05, 3.63) is 33.8 Å². The van der Waals surface area contributed by atoms with E-state index in [1.807, 2.05) is 12.1 Å². The van der Waals surface area contributed by atoms with Crippen LogP contribution in [0.25, 0.3) is 0 Å². The van der Waals surface area contributed by atoms with E-state index < -0.39 is 0 Å². The maximum atomic E-state index is 11.8. The van der Waals surface area contributed by atoms with Gasteiger partial charge in [-0.05, 0) is 30.5 Å². The zero-order valence-corrected chi connectivity index (χ0v) is 12.2. The number of amides is 2. The Labute approximate surface area is 122 Å². The smallest absolute Gasteiger partial charge is 0.318 e. The van der Waals surface area contributed by atoms with Gasteiger partial charge in [-0.1, -0.05) is 29.3 Å². The summed E-state index contributed by atoms with van der Waals surface area (Å²) in [6, 6.07) is 5.38. The Balaban J connectivity index is 2.23. The number of benzene rings is 1. The molecule has 19 heavy (non-hydrogen) atoms. The number of nitrogens with zero attached hydrogens (tertiary/aromatic N) is 1. The summed E-state index contributed by atoms with van der Waals surface area (Å²) >= 11 is 12.0. The first-order valence-corrected chi connectivity index (χ1v) is 6.99. The molecule has 2 atom stereocenters. The molecule has 1 fully saturated rings. The SMILES string of the molecule is CNC(=O)N1CCCC(c2ccc(Cl)c(Cl)c2)C1N. The lowest BCUT2D eigenvalue weighted by molar-refractivity contribution is 0.142. The molecule has 1 aromatic rings. The lowest BCUT2D eigenvalue weighted by atomic mass is 9.88. The zero-order chi connectivity index (χ0) is 14.0. The van der Waals surface area contributed by atoms with Crippen molar-refractivity contribution in [1.82, 2.24) is 10.2 Å². The molecule has 0 bridgehead atoms. The Kier molecular flexibility index (Phi) is 4.55. The highest BCUT2D eigenvalue weighted by Crippen LogP contribution is 2.33. The number of piperidine rings is 1. The van der Waals surface area contributed by atoms with Crippen LogP contribution in [0.1, 0.15) is 24.3 Å². The highest BCUT2D eigenvalue weighted by atomic mass is 35.5. The van der Waals surface area contributed by atoms with Crippen LogP contribution < -0.4 is 11.1 Å². The van der Waals surface area contributed by atoms with Gasteiger partial charge in [0.1, 0.15) is 0 Å². The standard InChI is InChI=1S/C13H17Cl2N3O/c1-17-13(19)18-6-2-3-9(12(18)16)8-4-5-10(14)11(15)7-8/h4-5,7,9,12H,2-3,6,16H2,1H3,(H,17,19). The van der Waals surface area contributed by atoms with Crippen molar-refractivity contribution in [3.8, 4) is 0 Å². The molecule has 104 valence electrons. The number of urea groups is 1. The van der Waals surface area contributed by atoms with Crippen molar-refractivity contribution in [1.29, 1.82) is 0 Å². The molecule has 2 amide bonds. The predicted molar refractivity (Wildman–Crippen MR) is 77.6 cm³/mol. The van der Waals surface area contributed by atoms with Gasteiger partial charge in [-0.2, -0.15) is 0 Å². The molecule has 1 aliphatic heterocycles. The molecule has 0 aliphatic carbocycles. The van der Waals surface area contributed by atoms with Crippen LogP contribution in [0.2, 0.25) is 10.0 Å². The molecule has 0 saturated carbocycles. The first-order valence-electron chi connectivity index (χ1n) is 6.23. The van der Waals surface area contributed by atoms with E-state index in [-0.39, 0.29) is 18.1 Å². The molecule has 3 N–H and O–H groups in total. The molecular formula is C13H17Cl2N3O. The van der Waals surface area contributed by atoms with E-state index in [1.165, 1.54) is 0 Å². The van der Waals surface area contributed by atoms with Gasteiger partial charge in [-0.25, -0.2) is 4.79 Å². The molecule has 1 heterocycles. The molecule has 4 nitrogen and oxygen atoms in total. The minimum atomic E-state index is -0.342. The zero-order valence-electron chi connectivity index (χ0n) is 10.7. The van der Waals surface area contributed by atoms with Gasteiger partial charge in [0.25, 0.3) is 0 Å². The van der Waals surface area contributed by atoms with Gasteiger partial charge >= 0.3 is 6.03 Å². The van der Waals surface area contributed by atoms with E-state index in [9.17, 15) is 4.79 Å². The fraction of sp³-hybridized carbons (Fsp3) is 0.462.